The molecule has 0 aromatic carbocycles. The Kier molecular flexibility index (Phi) is 8.14. The van der Waals surface area contributed by atoms with E-state index in [0.717, 1.165) is 29.6 Å². The summed E-state index contributed by atoms with van der Waals surface area (Å²) < 4.78 is 0. The molecule has 16 heavy (non-hydrogen) atoms. The van der Waals surface area contributed by atoms with Crippen molar-refractivity contribution in [1.29, 1.82) is 0 Å². The van der Waals surface area contributed by atoms with Gasteiger partial charge in [-0.2, -0.15) is 0 Å². The van der Waals surface area contributed by atoms with Crippen molar-refractivity contribution in [2.24, 2.45) is 29.6 Å². The van der Waals surface area contributed by atoms with Crippen LogP contribution in [0.4, 0.5) is 0 Å². The molecule has 0 aromatic heterocycles. The average molecular weight is 226 g/mol. The van der Waals surface area contributed by atoms with Crippen LogP contribution < -0.4 is 0 Å². The molecule has 0 heteroatoms. The van der Waals surface area contributed by atoms with E-state index >= 15 is 0 Å². The van der Waals surface area contributed by atoms with Crippen molar-refractivity contribution < 1.29 is 0 Å². The molecular formula is C16H34. The van der Waals surface area contributed by atoms with E-state index < -0.39 is 0 Å². The van der Waals surface area contributed by atoms with Gasteiger partial charge in [0.1, 0.15) is 0 Å². The second-order valence-corrected chi connectivity index (χ2v) is 7.05. The zero-order valence-electron chi connectivity index (χ0n) is 12.7. The van der Waals surface area contributed by atoms with Crippen molar-refractivity contribution in [3.63, 3.8) is 0 Å². The fraction of sp³-hybridized carbons (Fsp3) is 1.00. The largest absolute Gasteiger partial charge is 0.0628 e. The molecule has 0 radical (unpaired) electrons. The highest BCUT2D eigenvalue weighted by atomic mass is 14.2. The predicted octanol–water partition coefficient (Wildman–Crippen LogP) is 5.77. The fourth-order valence-electron chi connectivity index (χ4n) is 3.27. The number of rotatable bonds is 8. The molecule has 0 amide bonds. The first-order chi connectivity index (χ1) is 7.31. The van der Waals surface area contributed by atoms with Crippen molar-refractivity contribution in [1.82, 2.24) is 0 Å². The van der Waals surface area contributed by atoms with Gasteiger partial charge in [-0.15, -0.1) is 0 Å². The third-order valence-corrected chi connectivity index (χ3v) is 3.36. The van der Waals surface area contributed by atoms with E-state index in [1.807, 2.05) is 0 Å². The number of hydrogen-bond donors (Lipinski definition) is 0. The summed E-state index contributed by atoms with van der Waals surface area (Å²) in [6, 6.07) is 0. The van der Waals surface area contributed by atoms with E-state index in [9.17, 15) is 0 Å². The summed E-state index contributed by atoms with van der Waals surface area (Å²) in [6.07, 6.45) is 5.62. The summed E-state index contributed by atoms with van der Waals surface area (Å²) in [4.78, 5) is 0. The lowest BCUT2D eigenvalue weighted by atomic mass is 9.84. The summed E-state index contributed by atoms with van der Waals surface area (Å²) in [5.74, 6) is 4.43. The Hall–Kier alpha value is 0. The maximum absolute atomic E-state index is 2.44. The fourth-order valence-corrected chi connectivity index (χ4v) is 3.27. The van der Waals surface area contributed by atoms with E-state index in [1.165, 1.54) is 25.7 Å². The first-order valence-electron chi connectivity index (χ1n) is 7.31. The smallest absolute Gasteiger partial charge is 0.0438 e. The quantitative estimate of drug-likeness (QED) is 0.493. The minimum absolute atomic E-state index is 0.857. The standard InChI is InChI=1S/C16H34/c1-12(2)8-14(5)10-16(7)11-15(6)9-13(3)4/h12-16H,8-11H2,1-7H3/t14-,15-/m1/s1. The Labute approximate surface area is 104 Å². The molecule has 0 bridgehead atoms. The van der Waals surface area contributed by atoms with Crippen LogP contribution in [0.2, 0.25) is 0 Å². The van der Waals surface area contributed by atoms with Crippen LogP contribution in [0.1, 0.15) is 74.1 Å². The Morgan fingerprint density at radius 1 is 0.438 bits per heavy atom. The highest BCUT2D eigenvalue weighted by Gasteiger charge is 2.14. The van der Waals surface area contributed by atoms with Gasteiger partial charge < -0.3 is 0 Å². The van der Waals surface area contributed by atoms with Crippen LogP contribution in [0.3, 0.4) is 0 Å². The molecule has 98 valence electrons. The lowest BCUT2D eigenvalue weighted by Gasteiger charge is -2.22. The topological polar surface area (TPSA) is 0 Å². The van der Waals surface area contributed by atoms with Crippen LogP contribution in [0.25, 0.3) is 0 Å². The van der Waals surface area contributed by atoms with Crippen molar-refractivity contribution in [2.75, 3.05) is 0 Å². The predicted molar refractivity (Wildman–Crippen MR) is 75.6 cm³/mol. The molecule has 0 spiro atoms. The minimum atomic E-state index is 0.857. The summed E-state index contributed by atoms with van der Waals surface area (Å²) in [7, 11) is 0. The van der Waals surface area contributed by atoms with Crippen LogP contribution in [-0.2, 0) is 0 Å². The maximum Gasteiger partial charge on any atom is -0.0438 e. The van der Waals surface area contributed by atoms with Gasteiger partial charge in [0.2, 0.25) is 0 Å². The lowest BCUT2D eigenvalue weighted by molar-refractivity contribution is 0.294. The third kappa shape index (κ3) is 9.24. The van der Waals surface area contributed by atoms with Crippen LogP contribution >= 0.6 is 0 Å². The minimum Gasteiger partial charge on any atom is -0.0628 e. The van der Waals surface area contributed by atoms with Gasteiger partial charge in [0.15, 0.2) is 0 Å². The van der Waals surface area contributed by atoms with E-state index in [2.05, 4.69) is 48.5 Å². The van der Waals surface area contributed by atoms with E-state index in [4.69, 9.17) is 0 Å². The second-order valence-electron chi connectivity index (χ2n) is 7.05. The molecule has 0 aliphatic carbocycles. The average Bonchev–Trinajstić information content (AvgIpc) is 1.97. The summed E-state index contributed by atoms with van der Waals surface area (Å²) >= 11 is 0. The number of hydrogen-bond acceptors (Lipinski definition) is 0. The molecule has 0 nitrogen and oxygen atoms in total. The molecule has 0 rings (SSSR count). The molecule has 0 N–H and O–H groups in total. The molecule has 0 aromatic rings. The summed E-state index contributed by atoms with van der Waals surface area (Å²) in [5.41, 5.74) is 0. The van der Waals surface area contributed by atoms with Gasteiger partial charge in [-0.3, -0.25) is 0 Å². The molecule has 2 atom stereocenters. The first kappa shape index (κ1) is 16.0. The van der Waals surface area contributed by atoms with Gasteiger partial charge in [0.25, 0.3) is 0 Å². The van der Waals surface area contributed by atoms with Gasteiger partial charge in [-0.1, -0.05) is 48.5 Å². The van der Waals surface area contributed by atoms with Crippen LogP contribution in [0.15, 0.2) is 0 Å². The molecule has 0 unspecified atom stereocenters. The van der Waals surface area contributed by atoms with Crippen molar-refractivity contribution in [3.05, 3.63) is 0 Å². The van der Waals surface area contributed by atoms with E-state index in [0.29, 0.717) is 0 Å². The molecule has 0 saturated heterocycles. The SMILES string of the molecule is CC(C)C[C@@H](C)CC(C)C[C@H](C)CC(C)C. The van der Waals surface area contributed by atoms with Crippen molar-refractivity contribution in [3.8, 4) is 0 Å². The Balaban J connectivity index is 3.75. The van der Waals surface area contributed by atoms with Gasteiger partial charge in [0, 0.05) is 0 Å². The monoisotopic (exact) mass is 226 g/mol. The summed E-state index contributed by atoms with van der Waals surface area (Å²) in [5, 5.41) is 0. The van der Waals surface area contributed by atoms with Gasteiger partial charge in [-0.25, -0.2) is 0 Å². The van der Waals surface area contributed by atoms with Crippen molar-refractivity contribution in [2.45, 2.75) is 74.1 Å². The van der Waals surface area contributed by atoms with E-state index in [1.54, 1.807) is 0 Å². The zero-order chi connectivity index (χ0) is 12.7. The molecule has 0 aliphatic rings. The second kappa shape index (κ2) is 8.14. The Morgan fingerprint density at radius 3 is 0.938 bits per heavy atom. The van der Waals surface area contributed by atoms with Crippen LogP contribution in [-0.4, -0.2) is 0 Å². The van der Waals surface area contributed by atoms with Crippen LogP contribution in [0, 0.1) is 29.6 Å². The molecule has 0 fully saturated rings. The molecule has 0 heterocycles. The lowest BCUT2D eigenvalue weighted by Crippen LogP contribution is -2.10. The van der Waals surface area contributed by atoms with Crippen molar-refractivity contribution >= 4 is 0 Å². The zero-order valence-corrected chi connectivity index (χ0v) is 12.7. The van der Waals surface area contributed by atoms with Gasteiger partial charge >= 0.3 is 0 Å². The third-order valence-electron chi connectivity index (χ3n) is 3.36. The normalized spacial score (nSPS) is 16.1. The van der Waals surface area contributed by atoms with E-state index in [-0.39, 0.29) is 0 Å². The van der Waals surface area contributed by atoms with Gasteiger partial charge in [0.05, 0.1) is 0 Å². The molecule has 0 aliphatic heterocycles. The van der Waals surface area contributed by atoms with Gasteiger partial charge in [-0.05, 0) is 55.3 Å². The highest BCUT2D eigenvalue weighted by molar-refractivity contribution is 4.65. The highest BCUT2D eigenvalue weighted by Crippen LogP contribution is 2.26. The Morgan fingerprint density at radius 2 is 0.688 bits per heavy atom. The summed E-state index contributed by atoms with van der Waals surface area (Å²) in [6.45, 7) is 16.6. The molecular weight excluding hydrogens is 192 g/mol. The van der Waals surface area contributed by atoms with Crippen LogP contribution in [0.5, 0.6) is 0 Å². The molecule has 0 saturated carbocycles. The Bertz CT molecular complexity index is 139. The maximum atomic E-state index is 2.44. The first-order valence-corrected chi connectivity index (χ1v) is 7.31.